The van der Waals surface area contributed by atoms with Crippen LogP contribution < -0.4 is 10.6 Å². The van der Waals surface area contributed by atoms with Gasteiger partial charge in [-0.15, -0.1) is 0 Å². The first-order valence-corrected chi connectivity index (χ1v) is 7.01. The first kappa shape index (κ1) is 16.4. The van der Waals surface area contributed by atoms with Crippen molar-refractivity contribution in [2.45, 2.75) is 26.9 Å². The Bertz CT molecular complexity index is 435. The Morgan fingerprint density at radius 2 is 1.85 bits per heavy atom. The van der Waals surface area contributed by atoms with Crippen LogP contribution in [0, 0.1) is 5.82 Å². The monoisotopic (exact) mass is 280 g/mol. The number of rotatable bonds is 6. The minimum Gasteiger partial charge on any atom is -0.357 e. The van der Waals surface area contributed by atoms with Gasteiger partial charge >= 0.3 is 0 Å². The normalized spacial score (nSPS) is 10.5. The van der Waals surface area contributed by atoms with Crippen molar-refractivity contribution in [3.63, 3.8) is 0 Å². The van der Waals surface area contributed by atoms with Crippen molar-refractivity contribution in [1.82, 2.24) is 15.5 Å². The maximum absolute atomic E-state index is 13.9. The van der Waals surface area contributed by atoms with Crippen LogP contribution in [-0.2, 0) is 13.1 Å². The van der Waals surface area contributed by atoms with Crippen LogP contribution in [0.1, 0.15) is 25.0 Å². The van der Waals surface area contributed by atoms with Gasteiger partial charge in [0, 0.05) is 25.2 Å². The van der Waals surface area contributed by atoms with E-state index in [1.807, 2.05) is 45.0 Å². The third-order valence-electron chi connectivity index (χ3n) is 2.71. The van der Waals surface area contributed by atoms with Gasteiger partial charge in [0.25, 0.3) is 0 Å². The van der Waals surface area contributed by atoms with Gasteiger partial charge < -0.3 is 15.5 Å². The Labute approximate surface area is 121 Å². The third kappa shape index (κ3) is 5.57. The van der Waals surface area contributed by atoms with Crippen LogP contribution in [0.2, 0.25) is 0 Å². The van der Waals surface area contributed by atoms with E-state index < -0.39 is 0 Å². The summed E-state index contributed by atoms with van der Waals surface area (Å²) in [5.74, 6) is 0.590. The minimum absolute atomic E-state index is 0.167. The molecule has 1 rings (SSSR count). The Morgan fingerprint density at radius 3 is 2.35 bits per heavy atom. The lowest BCUT2D eigenvalue weighted by Crippen LogP contribution is -2.36. The molecule has 1 aromatic carbocycles. The molecule has 2 N–H and O–H groups in total. The highest BCUT2D eigenvalue weighted by molar-refractivity contribution is 5.79. The zero-order chi connectivity index (χ0) is 15.0. The molecule has 0 atom stereocenters. The molecule has 0 bridgehead atoms. The number of guanidine groups is 1. The summed E-state index contributed by atoms with van der Waals surface area (Å²) < 4.78 is 13.9. The molecule has 0 fully saturated rings. The molecular weight excluding hydrogens is 255 g/mol. The van der Waals surface area contributed by atoms with Crippen LogP contribution in [0.25, 0.3) is 0 Å². The lowest BCUT2D eigenvalue weighted by atomic mass is 10.1. The zero-order valence-electron chi connectivity index (χ0n) is 12.8. The molecule has 0 saturated carbocycles. The number of halogens is 1. The Balaban J connectivity index is 2.72. The number of nitrogens with one attached hydrogen (secondary N) is 2. The first-order chi connectivity index (χ1) is 9.56. The molecule has 0 aliphatic heterocycles. The summed E-state index contributed by atoms with van der Waals surface area (Å²) in [5.41, 5.74) is 1.58. The van der Waals surface area contributed by atoms with E-state index in [1.165, 1.54) is 0 Å². The smallest absolute Gasteiger partial charge is 0.191 e. The van der Waals surface area contributed by atoms with E-state index in [0.29, 0.717) is 18.7 Å². The number of aliphatic imine (C=N–C) groups is 1. The molecule has 0 amide bonds. The predicted octanol–water partition coefficient (Wildman–Crippen LogP) is 1.96. The second-order valence-corrected chi connectivity index (χ2v) is 4.89. The molecule has 0 heterocycles. The molecule has 0 radical (unpaired) electrons. The second kappa shape index (κ2) is 8.53. The van der Waals surface area contributed by atoms with E-state index in [2.05, 4.69) is 15.6 Å². The van der Waals surface area contributed by atoms with Crippen LogP contribution in [0.4, 0.5) is 4.39 Å². The van der Waals surface area contributed by atoms with Gasteiger partial charge in [-0.1, -0.05) is 12.1 Å². The molecule has 0 aliphatic rings. The van der Waals surface area contributed by atoms with Gasteiger partial charge in [0.15, 0.2) is 5.96 Å². The summed E-state index contributed by atoms with van der Waals surface area (Å²) in [5, 5.41) is 6.29. The SMILES string of the molecule is CCNC(=NCc1ccc(CN(C)C)c(F)c1)NCC. The summed E-state index contributed by atoms with van der Waals surface area (Å²) >= 11 is 0. The molecule has 1 aromatic rings. The van der Waals surface area contributed by atoms with Gasteiger partial charge in [-0.05, 0) is 39.6 Å². The second-order valence-electron chi connectivity index (χ2n) is 4.89. The summed E-state index contributed by atoms with van der Waals surface area (Å²) in [6, 6.07) is 5.33. The van der Waals surface area contributed by atoms with Crippen molar-refractivity contribution in [3.8, 4) is 0 Å². The van der Waals surface area contributed by atoms with Crippen molar-refractivity contribution in [3.05, 3.63) is 35.1 Å². The predicted molar refractivity (Wildman–Crippen MR) is 82.3 cm³/mol. The van der Waals surface area contributed by atoms with Crippen molar-refractivity contribution >= 4 is 5.96 Å². The molecule has 5 heteroatoms. The molecule has 0 aromatic heterocycles. The van der Waals surface area contributed by atoms with E-state index in [-0.39, 0.29) is 5.82 Å². The van der Waals surface area contributed by atoms with Crippen LogP contribution >= 0.6 is 0 Å². The summed E-state index contributed by atoms with van der Waals surface area (Å²) in [6.07, 6.45) is 0. The van der Waals surface area contributed by atoms with Crippen molar-refractivity contribution in [1.29, 1.82) is 0 Å². The molecular formula is C15H25FN4. The fourth-order valence-electron chi connectivity index (χ4n) is 1.84. The molecule has 4 nitrogen and oxygen atoms in total. The highest BCUT2D eigenvalue weighted by Gasteiger charge is 2.05. The lowest BCUT2D eigenvalue weighted by Gasteiger charge is -2.12. The molecule has 0 saturated heterocycles. The Morgan fingerprint density at radius 1 is 1.20 bits per heavy atom. The fraction of sp³-hybridized carbons (Fsp3) is 0.533. The number of hydrogen-bond donors (Lipinski definition) is 2. The summed E-state index contributed by atoms with van der Waals surface area (Å²) in [4.78, 5) is 6.37. The number of nitrogens with zero attached hydrogens (tertiary/aromatic N) is 2. The van der Waals surface area contributed by atoms with E-state index in [0.717, 1.165) is 24.6 Å². The van der Waals surface area contributed by atoms with Crippen LogP contribution in [0.3, 0.4) is 0 Å². The molecule has 112 valence electrons. The van der Waals surface area contributed by atoms with Gasteiger partial charge in [0.2, 0.25) is 0 Å². The highest BCUT2D eigenvalue weighted by atomic mass is 19.1. The summed E-state index contributed by atoms with van der Waals surface area (Å²) in [7, 11) is 3.85. The van der Waals surface area contributed by atoms with E-state index in [4.69, 9.17) is 0 Å². The van der Waals surface area contributed by atoms with Crippen molar-refractivity contribution < 1.29 is 4.39 Å². The maximum atomic E-state index is 13.9. The van der Waals surface area contributed by atoms with Crippen LogP contribution in [-0.4, -0.2) is 38.0 Å². The Hall–Kier alpha value is -1.62. The van der Waals surface area contributed by atoms with Crippen molar-refractivity contribution in [2.24, 2.45) is 4.99 Å². The van der Waals surface area contributed by atoms with E-state index >= 15 is 0 Å². The quantitative estimate of drug-likeness (QED) is 0.618. The molecule has 0 spiro atoms. The van der Waals surface area contributed by atoms with Crippen LogP contribution in [0.15, 0.2) is 23.2 Å². The molecule has 0 unspecified atom stereocenters. The Kier molecular flexibility index (Phi) is 7.01. The van der Waals surface area contributed by atoms with Gasteiger partial charge in [0.05, 0.1) is 6.54 Å². The summed E-state index contributed by atoms with van der Waals surface area (Å²) in [6.45, 7) is 6.72. The zero-order valence-corrected chi connectivity index (χ0v) is 12.8. The minimum atomic E-state index is -0.167. The molecule has 20 heavy (non-hydrogen) atoms. The topological polar surface area (TPSA) is 39.7 Å². The number of benzene rings is 1. The van der Waals surface area contributed by atoms with E-state index in [9.17, 15) is 4.39 Å². The first-order valence-electron chi connectivity index (χ1n) is 7.01. The average Bonchev–Trinajstić information content (AvgIpc) is 2.39. The number of hydrogen-bond acceptors (Lipinski definition) is 2. The van der Waals surface area contributed by atoms with Crippen LogP contribution in [0.5, 0.6) is 0 Å². The standard InChI is InChI=1S/C15H25FN4/c1-5-17-15(18-6-2)19-10-12-7-8-13(11-20(3)4)14(16)9-12/h7-9H,5-6,10-11H2,1-4H3,(H2,17,18,19). The highest BCUT2D eigenvalue weighted by Crippen LogP contribution is 2.12. The molecule has 0 aliphatic carbocycles. The largest absolute Gasteiger partial charge is 0.357 e. The maximum Gasteiger partial charge on any atom is 0.191 e. The van der Waals surface area contributed by atoms with Crippen molar-refractivity contribution in [2.75, 3.05) is 27.2 Å². The van der Waals surface area contributed by atoms with Gasteiger partial charge in [-0.25, -0.2) is 9.38 Å². The van der Waals surface area contributed by atoms with Gasteiger partial charge in [-0.3, -0.25) is 0 Å². The van der Waals surface area contributed by atoms with Gasteiger partial charge in [0.1, 0.15) is 5.82 Å². The third-order valence-corrected chi connectivity index (χ3v) is 2.71. The van der Waals surface area contributed by atoms with E-state index in [1.54, 1.807) is 6.07 Å². The van der Waals surface area contributed by atoms with Gasteiger partial charge in [-0.2, -0.15) is 0 Å². The average molecular weight is 280 g/mol. The fourth-order valence-corrected chi connectivity index (χ4v) is 1.84. The lowest BCUT2D eigenvalue weighted by molar-refractivity contribution is 0.392.